The Kier molecular flexibility index (Phi) is 7.93. The van der Waals surface area contributed by atoms with E-state index in [0.717, 1.165) is 44.1 Å². The van der Waals surface area contributed by atoms with Gasteiger partial charge >= 0.3 is 6.11 Å². The number of ether oxygens (including phenoxy) is 4. The molecule has 1 saturated carbocycles. The molecular weight excluding hydrogens is 545 g/mol. The van der Waals surface area contributed by atoms with Crippen LogP contribution in [0.25, 0.3) is 11.1 Å². The normalized spacial score (nSPS) is 28.4. The van der Waals surface area contributed by atoms with Crippen LogP contribution in [-0.4, -0.2) is 31.9 Å². The third-order valence-electron chi connectivity index (χ3n) is 8.04. The second-order valence-corrected chi connectivity index (χ2v) is 10.9. The van der Waals surface area contributed by atoms with Crippen molar-refractivity contribution in [3.05, 3.63) is 65.5 Å². The third-order valence-corrected chi connectivity index (χ3v) is 8.04. The molecule has 2 bridgehead atoms. The van der Waals surface area contributed by atoms with E-state index in [4.69, 9.17) is 14.2 Å². The predicted molar refractivity (Wildman–Crippen MR) is 130 cm³/mol. The number of hydrogen-bond acceptors (Lipinski definition) is 4. The summed E-state index contributed by atoms with van der Waals surface area (Å²) in [7, 11) is 0. The summed E-state index contributed by atoms with van der Waals surface area (Å²) in [5.41, 5.74) is 0.223. The van der Waals surface area contributed by atoms with E-state index in [2.05, 4.69) is 11.7 Å². The van der Waals surface area contributed by atoms with E-state index in [9.17, 15) is 26.3 Å². The monoisotopic (exact) mass is 574 g/mol. The minimum atomic E-state index is -4.65. The van der Waals surface area contributed by atoms with E-state index in [1.165, 1.54) is 12.1 Å². The molecule has 3 aliphatic heterocycles. The number of benzene rings is 2. The number of fused-ring (bicyclic) bond motifs is 3. The average Bonchev–Trinajstić information content (AvgIpc) is 2.91. The van der Waals surface area contributed by atoms with Gasteiger partial charge in [-0.05, 0) is 67.3 Å². The molecule has 3 saturated heterocycles. The summed E-state index contributed by atoms with van der Waals surface area (Å²) in [4.78, 5) is 0. The molecule has 1 aliphatic carbocycles. The van der Waals surface area contributed by atoms with Crippen LogP contribution < -0.4 is 4.74 Å². The zero-order chi connectivity index (χ0) is 28.7. The summed E-state index contributed by atoms with van der Waals surface area (Å²) in [6.45, 7) is 3.94. The molecule has 218 valence electrons. The highest BCUT2D eigenvalue weighted by molar-refractivity contribution is 5.66. The number of alkyl halides is 2. The summed E-state index contributed by atoms with van der Waals surface area (Å²) < 4.78 is 117. The fraction of sp³-hybridized carbons (Fsp3) is 0.517. The van der Waals surface area contributed by atoms with Crippen molar-refractivity contribution in [1.29, 1.82) is 0 Å². The topological polar surface area (TPSA) is 36.9 Å². The van der Waals surface area contributed by atoms with Crippen molar-refractivity contribution in [1.82, 2.24) is 0 Å². The highest BCUT2D eigenvalue weighted by Crippen LogP contribution is 2.50. The first-order valence-corrected chi connectivity index (χ1v) is 13.3. The second kappa shape index (κ2) is 11.0. The lowest BCUT2D eigenvalue weighted by Crippen LogP contribution is -2.63. The van der Waals surface area contributed by atoms with E-state index < -0.39 is 47.4 Å². The first-order valence-electron chi connectivity index (χ1n) is 13.3. The van der Waals surface area contributed by atoms with Crippen LogP contribution >= 0.6 is 0 Å². The lowest BCUT2D eigenvalue weighted by Gasteiger charge is -2.55. The van der Waals surface area contributed by atoms with E-state index in [-0.39, 0.29) is 28.4 Å². The van der Waals surface area contributed by atoms with Gasteiger partial charge in [-0.3, -0.25) is 0 Å². The van der Waals surface area contributed by atoms with Crippen molar-refractivity contribution < 1.29 is 49.7 Å². The molecule has 0 radical (unpaired) electrons. The first-order chi connectivity index (χ1) is 18.9. The van der Waals surface area contributed by atoms with E-state index >= 15 is 4.39 Å². The zero-order valence-electron chi connectivity index (χ0n) is 21.8. The van der Waals surface area contributed by atoms with Gasteiger partial charge in [-0.15, -0.1) is 0 Å². The average molecular weight is 575 g/mol. The molecular formula is C29H29F7O4. The Morgan fingerprint density at radius 1 is 0.925 bits per heavy atom. The summed E-state index contributed by atoms with van der Waals surface area (Å²) in [5, 5.41) is 0. The highest BCUT2D eigenvalue weighted by Gasteiger charge is 2.56. The maximum absolute atomic E-state index is 15.1. The van der Waals surface area contributed by atoms with Crippen LogP contribution in [0.3, 0.4) is 0 Å². The molecule has 3 heterocycles. The molecule has 4 aliphatic rings. The van der Waals surface area contributed by atoms with Gasteiger partial charge in [0.05, 0.1) is 25.9 Å². The van der Waals surface area contributed by atoms with Crippen LogP contribution in [-0.2, 0) is 14.2 Å². The van der Waals surface area contributed by atoms with Crippen LogP contribution in [0, 0.1) is 28.8 Å². The first kappa shape index (κ1) is 28.9. The van der Waals surface area contributed by atoms with Crippen molar-refractivity contribution in [2.75, 3.05) is 19.8 Å². The van der Waals surface area contributed by atoms with E-state index in [1.54, 1.807) is 6.07 Å². The largest absolute Gasteiger partial charge is 0.425 e. The quantitative estimate of drug-likeness (QED) is 0.297. The van der Waals surface area contributed by atoms with Gasteiger partial charge in [-0.1, -0.05) is 25.5 Å². The molecule has 11 heteroatoms. The van der Waals surface area contributed by atoms with E-state index in [1.807, 2.05) is 0 Å². The molecule has 4 nitrogen and oxygen atoms in total. The standard InChI is InChI=1S/C29H29F7O4/c1-2-9-27-14-37-29(38-15-27,39-16-27)20-6-3-17(4-7-20)18-5-8-21(22(30)10-18)19-11-23(31)26(24(32)12-19)40-28(35,36)13-25(33)34/h5,8,10-13,17,20H,2-4,6-7,9,14-16H2,1H3. The molecule has 2 aromatic rings. The Bertz CT molecular complexity index is 1220. The van der Waals surface area contributed by atoms with Gasteiger partial charge in [0.1, 0.15) is 5.82 Å². The van der Waals surface area contributed by atoms with Gasteiger partial charge in [0.25, 0.3) is 12.1 Å². The van der Waals surface area contributed by atoms with Gasteiger partial charge < -0.3 is 18.9 Å². The van der Waals surface area contributed by atoms with Crippen LogP contribution in [0.1, 0.15) is 56.9 Å². The maximum Gasteiger partial charge on any atom is 0.425 e. The molecule has 0 amide bonds. The van der Waals surface area contributed by atoms with Crippen molar-refractivity contribution >= 4 is 0 Å². The minimum Gasteiger partial charge on any atom is -0.423 e. The predicted octanol–water partition coefficient (Wildman–Crippen LogP) is 8.31. The van der Waals surface area contributed by atoms with Gasteiger partial charge in [-0.2, -0.15) is 17.6 Å². The number of rotatable bonds is 8. The van der Waals surface area contributed by atoms with Crippen molar-refractivity contribution in [3.8, 4) is 16.9 Å². The lowest BCUT2D eigenvalue weighted by molar-refractivity contribution is -0.488. The highest BCUT2D eigenvalue weighted by atomic mass is 19.3. The molecule has 40 heavy (non-hydrogen) atoms. The van der Waals surface area contributed by atoms with E-state index in [0.29, 0.717) is 32.0 Å². The SMILES string of the molecule is CCCC12COC(C3CCC(c4ccc(-c5cc(F)c(OC(F)(F)C=C(F)F)c(F)c5)c(F)c4)CC3)(OC1)OC2. The van der Waals surface area contributed by atoms with Crippen LogP contribution in [0.2, 0.25) is 0 Å². The molecule has 4 fully saturated rings. The Hall–Kier alpha value is -2.63. The third kappa shape index (κ3) is 5.73. The second-order valence-electron chi connectivity index (χ2n) is 10.9. The number of halogens is 7. The Morgan fingerprint density at radius 2 is 1.52 bits per heavy atom. The Labute approximate surface area is 227 Å². The lowest BCUT2D eigenvalue weighted by atomic mass is 9.76. The van der Waals surface area contributed by atoms with Crippen molar-refractivity contribution in [2.24, 2.45) is 11.3 Å². The smallest absolute Gasteiger partial charge is 0.423 e. The molecule has 2 aromatic carbocycles. The summed E-state index contributed by atoms with van der Waals surface area (Å²) in [5.74, 6) is -6.43. The molecule has 6 rings (SSSR count). The van der Waals surface area contributed by atoms with Gasteiger partial charge in [-0.25, -0.2) is 13.2 Å². The van der Waals surface area contributed by atoms with Crippen molar-refractivity contribution in [3.63, 3.8) is 0 Å². The van der Waals surface area contributed by atoms with Crippen LogP contribution in [0.4, 0.5) is 30.7 Å². The summed E-state index contributed by atoms with van der Waals surface area (Å²) >= 11 is 0. The molecule has 0 N–H and O–H groups in total. The van der Waals surface area contributed by atoms with Gasteiger partial charge in [0, 0.05) is 16.9 Å². The molecule has 0 atom stereocenters. The number of hydrogen-bond donors (Lipinski definition) is 0. The fourth-order valence-electron chi connectivity index (χ4n) is 6.02. The molecule has 0 spiro atoms. The zero-order valence-corrected chi connectivity index (χ0v) is 21.8. The van der Waals surface area contributed by atoms with Gasteiger partial charge in [0.2, 0.25) is 0 Å². The van der Waals surface area contributed by atoms with Crippen molar-refractivity contribution in [2.45, 2.75) is 63.4 Å². The maximum atomic E-state index is 15.1. The molecule has 0 aromatic heterocycles. The van der Waals surface area contributed by atoms with Crippen LogP contribution in [0.5, 0.6) is 5.75 Å². The minimum absolute atomic E-state index is 0.0398. The molecule has 0 unspecified atom stereocenters. The fourth-order valence-corrected chi connectivity index (χ4v) is 6.02. The van der Waals surface area contributed by atoms with Crippen LogP contribution in [0.15, 0.2) is 42.5 Å². The summed E-state index contributed by atoms with van der Waals surface area (Å²) in [6, 6.07) is 5.54. The summed E-state index contributed by atoms with van der Waals surface area (Å²) in [6.07, 6.45) is -3.34. The van der Waals surface area contributed by atoms with Gasteiger partial charge in [0.15, 0.2) is 17.4 Å². The Morgan fingerprint density at radius 3 is 2.05 bits per heavy atom. The Balaban J connectivity index is 1.25.